The number of carbonyl (C=O) groups excluding carboxylic acids is 1. The Hall–Kier alpha value is -2.40. The highest BCUT2D eigenvalue weighted by Gasteiger charge is 2.16. The highest BCUT2D eigenvalue weighted by atomic mass is 35.5. The highest BCUT2D eigenvalue weighted by Crippen LogP contribution is 2.21. The number of nitrogens with zero attached hydrogens (tertiary/aromatic N) is 1. The molecule has 0 radical (unpaired) electrons. The smallest absolute Gasteiger partial charge is 0.269 e. The molecule has 6 heteroatoms. The molecule has 0 heterocycles. The van der Waals surface area contributed by atoms with Crippen LogP contribution < -0.4 is 5.32 Å². The lowest BCUT2D eigenvalue weighted by Gasteiger charge is -2.12. The average Bonchev–Trinajstić information content (AvgIpc) is 2.49. The van der Waals surface area contributed by atoms with E-state index >= 15 is 0 Å². The second-order valence-electron chi connectivity index (χ2n) is 4.57. The van der Waals surface area contributed by atoms with Crippen molar-refractivity contribution in [3.05, 3.63) is 69.2 Å². The molecule has 0 spiro atoms. The van der Waals surface area contributed by atoms with Crippen LogP contribution in [-0.2, 0) is 4.79 Å². The summed E-state index contributed by atoms with van der Waals surface area (Å²) >= 11 is 5.78. The SMILES string of the molecule is CC(C(=O)Nc1ccc(Cl)cc1)c1ccc([N+](=O)[O-])cc1. The normalized spacial score (nSPS) is 11.7. The molecule has 108 valence electrons. The number of carbonyl (C=O) groups is 1. The first-order chi connectivity index (χ1) is 9.97. The standard InChI is InChI=1S/C15H13ClN2O3/c1-10(11-2-8-14(9-3-11)18(20)21)15(19)17-13-6-4-12(16)5-7-13/h2-10H,1H3,(H,17,19). The van der Waals surface area contributed by atoms with Gasteiger partial charge in [0.1, 0.15) is 0 Å². The van der Waals surface area contributed by atoms with Gasteiger partial charge in [-0.25, -0.2) is 0 Å². The van der Waals surface area contributed by atoms with E-state index in [-0.39, 0.29) is 11.6 Å². The number of rotatable bonds is 4. The van der Waals surface area contributed by atoms with Gasteiger partial charge in [0.25, 0.3) is 5.69 Å². The molecule has 1 N–H and O–H groups in total. The van der Waals surface area contributed by atoms with Gasteiger partial charge in [-0.1, -0.05) is 23.7 Å². The van der Waals surface area contributed by atoms with Crippen molar-refractivity contribution >= 4 is 28.9 Å². The summed E-state index contributed by atoms with van der Waals surface area (Å²) in [5.41, 5.74) is 1.37. The van der Waals surface area contributed by atoms with E-state index in [0.29, 0.717) is 16.3 Å². The highest BCUT2D eigenvalue weighted by molar-refractivity contribution is 6.30. The predicted octanol–water partition coefficient (Wildman–Crippen LogP) is 3.99. The van der Waals surface area contributed by atoms with Gasteiger partial charge in [-0.05, 0) is 36.8 Å². The quantitative estimate of drug-likeness (QED) is 0.685. The average molecular weight is 305 g/mol. The maximum Gasteiger partial charge on any atom is 0.269 e. The van der Waals surface area contributed by atoms with Gasteiger partial charge < -0.3 is 5.32 Å². The molecule has 0 saturated carbocycles. The van der Waals surface area contributed by atoms with Crippen molar-refractivity contribution in [3.8, 4) is 0 Å². The lowest BCUT2D eigenvalue weighted by Crippen LogP contribution is -2.18. The molecule has 2 aromatic carbocycles. The Morgan fingerprint density at radius 2 is 1.71 bits per heavy atom. The van der Waals surface area contributed by atoms with E-state index in [1.165, 1.54) is 12.1 Å². The molecule has 0 bridgehead atoms. The molecule has 0 aliphatic carbocycles. The maximum absolute atomic E-state index is 12.1. The number of halogens is 1. The number of benzene rings is 2. The number of anilines is 1. The maximum atomic E-state index is 12.1. The largest absolute Gasteiger partial charge is 0.326 e. The molecule has 1 atom stereocenters. The summed E-state index contributed by atoms with van der Waals surface area (Å²) in [4.78, 5) is 22.3. The topological polar surface area (TPSA) is 72.2 Å². The van der Waals surface area contributed by atoms with Crippen molar-refractivity contribution < 1.29 is 9.72 Å². The summed E-state index contributed by atoms with van der Waals surface area (Å²) < 4.78 is 0. The number of nitrogens with one attached hydrogen (secondary N) is 1. The lowest BCUT2D eigenvalue weighted by molar-refractivity contribution is -0.384. The molecule has 1 amide bonds. The van der Waals surface area contributed by atoms with Gasteiger partial charge in [0.15, 0.2) is 0 Å². The van der Waals surface area contributed by atoms with Gasteiger partial charge in [-0.3, -0.25) is 14.9 Å². The number of amides is 1. The molecule has 21 heavy (non-hydrogen) atoms. The van der Waals surface area contributed by atoms with E-state index in [2.05, 4.69) is 5.32 Å². The fraction of sp³-hybridized carbons (Fsp3) is 0.133. The van der Waals surface area contributed by atoms with Crippen molar-refractivity contribution in [2.45, 2.75) is 12.8 Å². The minimum atomic E-state index is -0.470. The fourth-order valence-electron chi connectivity index (χ4n) is 1.82. The third-order valence-electron chi connectivity index (χ3n) is 3.11. The van der Waals surface area contributed by atoms with E-state index in [4.69, 9.17) is 11.6 Å². The summed E-state index contributed by atoms with van der Waals surface area (Å²) in [5, 5.41) is 14.0. The van der Waals surface area contributed by atoms with Crippen LogP contribution in [0.5, 0.6) is 0 Å². The van der Waals surface area contributed by atoms with Crippen molar-refractivity contribution in [2.24, 2.45) is 0 Å². The number of nitro groups is 1. The summed E-state index contributed by atoms with van der Waals surface area (Å²) in [6.07, 6.45) is 0. The van der Waals surface area contributed by atoms with E-state index in [1.807, 2.05) is 0 Å². The Balaban J connectivity index is 2.08. The Bertz CT molecular complexity index is 654. The first-order valence-corrected chi connectivity index (χ1v) is 6.66. The lowest BCUT2D eigenvalue weighted by atomic mass is 10.00. The zero-order valence-corrected chi connectivity index (χ0v) is 12.0. The number of hydrogen-bond donors (Lipinski definition) is 1. The van der Waals surface area contributed by atoms with Crippen LogP contribution in [-0.4, -0.2) is 10.8 Å². The van der Waals surface area contributed by atoms with Gasteiger partial charge in [0.05, 0.1) is 10.8 Å². The molecule has 0 aliphatic rings. The second kappa shape index (κ2) is 6.37. The van der Waals surface area contributed by atoms with Crippen molar-refractivity contribution in [1.82, 2.24) is 0 Å². The monoisotopic (exact) mass is 304 g/mol. The number of non-ortho nitro benzene ring substituents is 1. The third kappa shape index (κ3) is 3.79. The van der Waals surface area contributed by atoms with Crippen LogP contribution >= 0.6 is 11.6 Å². The minimum Gasteiger partial charge on any atom is -0.326 e. The fourth-order valence-corrected chi connectivity index (χ4v) is 1.95. The summed E-state index contributed by atoms with van der Waals surface area (Å²) in [7, 11) is 0. The Morgan fingerprint density at radius 1 is 1.14 bits per heavy atom. The minimum absolute atomic E-state index is 0.00376. The van der Waals surface area contributed by atoms with E-state index in [9.17, 15) is 14.9 Å². The van der Waals surface area contributed by atoms with E-state index < -0.39 is 10.8 Å². The molecule has 2 aromatic rings. The van der Waals surface area contributed by atoms with E-state index in [0.717, 1.165) is 0 Å². The molecule has 0 aromatic heterocycles. The van der Waals surface area contributed by atoms with Crippen LogP contribution in [0.25, 0.3) is 0 Å². The Kier molecular flexibility index (Phi) is 4.55. The second-order valence-corrected chi connectivity index (χ2v) is 5.00. The van der Waals surface area contributed by atoms with Gasteiger partial charge in [0.2, 0.25) is 5.91 Å². The van der Waals surface area contributed by atoms with E-state index in [1.54, 1.807) is 43.3 Å². The zero-order chi connectivity index (χ0) is 15.4. The number of hydrogen-bond acceptors (Lipinski definition) is 3. The molecule has 0 fully saturated rings. The molecule has 0 saturated heterocycles. The first kappa shape index (κ1) is 15.0. The van der Waals surface area contributed by atoms with Crippen molar-refractivity contribution in [1.29, 1.82) is 0 Å². The zero-order valence-electron chi connectivity index (χ0n) is 11.2. The Morgan fingerprint density at radius 3 is 2.24 bits per heavy atom. The number of nitro benzene ring substituents is 1. The van der Waals surface area contributed by atoms with Crippen molar-refractivity contribution in [2.75, 3.05) is 5.32 Å². The van der Waals surface area contributed by atoms with Crippen LogP contribution in [0.2, 0.25) is 5.02 Å². The molecule has 1 unspecified atom stereocenters. The summed E-state index contributed by atoms with van der Waals surface area (Å²) in [6.45, 7) is 1.74. The molecular formula is C15H13ClN2O3. The summed E-state index contributed by atoms with van der Waals surface area (Å²) in [6, 6.07) is 12.8. The van der Waals surface area contributed by atoms with Crippen molar-refractivity contribution in [3.63, 3.8) is 0 Å². The predicted molar refractivity (Wildman–Crippen MR) is 81.6 cm³/mol. The van der Waals surface area contributed by atoms with Crippen LogP contribution in [0.4, 0.5) is 11.4 Å². The Labute approximate surface area is 126 Å². The molecular weight excluding hydrogens is 292 g/mol. The molecule has 2 rings (SSSR count). The van der Waals surface area contributed by atoms with Crippen LogP contribution in [0, 0.1) is 10.1 Å². The van der Waals surface area contributed by atoms with Crippen LogP contribution in [0.15, 0.2) is 48.5 Å². The molecule has 5 nitrogen and oxygen atoms in total. The first-order valence-electron chi connectivity index (χ1n) is 6.28. The van der Waals surface area contributed by atoms with Gasteiger partial charge in [-0.15, -0.1) is 0 Å². The summed E-state index contributed by atoms with van der Waals surface area (Å²) in [5.74, 6) is -0.604. The van der Waals surface area contributed by atoms with Gasteiger partial charge in [0, 0.05) is 22.8 Å². The van der Waals surface area contributed by atoms with Crippen LogP contribution in [0.3, 0.4) is 0 Å². The van der Waals surface area contributed by atoms with Gasteiger partial charge in [-0.2, -0.15) is 0 Å². The third-order valence-corrected chi connectivity index (χ3v) is 3.36. The van der Waals surface area contributed by atoms with Crippen LogP contribution in [0.1, 0.15) is 18.4 Å². The van der Waals surface area contributed by atoms with Gasteiger partial charge >= 0.3 is 0 Å². The molecule has 0 aliphatic heterocycles.